The Kier molecular flexibility index (Phi) is 12.4. The zero-order valence-electron chi connectivity index (χ0n) is 19.8. The number of rotatable bonds is 17. The minimum atomic E-state index is -0.0875. The van der Waals surface area contributed by atoms with Gasteiger partial charge >= 0.3 is 5.97 Å². The Hall–Kier alpha value is -1.75. The minimum Gasteiger partial charge on any atom is -0.463 e. The van der Waals surface area contributed by atoms with Gasteiger partial charge in [0.2, 0.25) is 0 Å². The number of aromatic nitrogens is 1. The molecular formula is C26H44N2O3. The van der Waals surface area contributed by atoms with Gasteiger partial charge in [0, 0.05) is 19.2 Å². The highest BCUT2D eigenvalue weighted by Crippen LogP contribution is 2.32. The van der Waals surface area contributed by atoms with Gasteiger partial charge in [-0.05, 0) is 31.4 Å². The van der Waals surface area contributed by atoms with Crippen molar-refractivity contribution >= 4 is 11.7 Å². The fourth-order valence-corrected chi connectivity index (χ4v) is 4.16. The zero-order valence-corrected chi connectivity index (χ0v) is 19.8. The Morgan fingerprint density at radius 1 is 1.06 bits per heavy atom. The first kappa shape index (κ1) is 25.5. The van der Waals surface area contributed by atoms with E-state index < -0.39 is 0 Å². The third kappa shape index (κ3) is 9.94. The maximum absolute atomic E-state index is 12.0. The largest absolute Gasteiger partial charge is 0.463 e. The van der Waals surface area contributed by atoms with Gasteiger partial charge in [0.1, 0.15) is 6.61 Å². The maximum atomic E-state index is 12.0. The molecule has 1 saturated heterocycles. The number of unbranched alkanes of at least 4 members (excludes halogenated alkanes) is 10. The van der Waals surface area contributed by atoms with E-state index in [9.17, 15) is 4.79 Å². The smallest absolute Gasteiger partial charge is 0.305 e. The molecule has 0 aliphatic carbocycles. The number of hydrogen-bond acceptors (Lipinski definition) is 4. The lowest BCUT2D eigenvalue weighted by atomic mass is 10.1. The molecule has 1 fully saturated rings. The highest BCUT2D eigenvalue weighted by Gasteiger charge is 2.28. The minimum absolute atomic E-state index is 0.00877. The molecule has 2 rings (SSSR count). The van der Waals surface area contributed by atoms with Crippen LogP contribution in [0.5, 0.6) is 0 Å². The summed E-state index contributed by atoms with van der Waals surface area (Å²) in [5.74, 6) is -0.0875. The molecule has 1 aliphatic rings. The van der Waals surface area contributed by atoms with Gasteiger partial charge in [0.05, 0.1) is 23.6 Å². The number of carbonyl (C=O) groups is 1. The summed E-state index contributed by atoms with van der Waals surface area (Å²) in [5.41, 5.74) is 2.89. The molecule has 1 aromatic rings. The van der Waals surface area contributed by atoms with Gasteiger partial charge < -0.3 is 19.8 Å². The van der Waals surface area contributed by atoms with E-state index in [0.29, 0.717) is 13.0 Å². The number of hydrogen-bond donors (Lipinski definition) is 2. The summed E-state index contributed by atoms with van der Waals surface area (Å²) in [5, 5.41) is 3.04. The molecule has 1 aliphatic heterocycles. The summed E-state index contributed by atoms with van der Waals surface area (Å²) in [7, 11) is 1.86. The van der Waals surface area contributed by atoms with E-state index >= 15 is 0 Å². The average molecular weight is 433 g/mol. The van der Waals surface area contributed by atoms with Crippen molar-refractivity contribution < 1.29 is 14.3 Å². The first-order chi connectivity index (χ1) is 15.1. The van der Waals surface area contributed by atoms with Crippen LogP contribution in [0.2, 0.25) is 0 Å². The van der Waals surface area contributed by atoms with E-state index in [-0.39, 0.29) is 18.2 Å². The summed E-state index contributed by atoms with van der Waals surface area (Å²) in [6.45, 7) is 6.59. The van der Waals surface area contributed by atoms with Gasteiger partial charge in [-0.3, -0.25) is 4.79 Å². The number of aromatic amines is 1. The van der Waals surface area contributed by atoms with E-state index in [4.69, 9.17) is 9.47 Å². The maximum Gasteiger partial charge on any atom is 0.305 e. The highest BCUT2D eigenvalue weighted by atomic mass is 16.6. The van der Waals surface area contributed by atoms with Crippen LogP contribution in [0.3, 0.4) is 0 Å². The topological polar surface area (TPSA) is 63.4 Å². The van der Waals surface area contributed by atoms with E-state index in [0.717, 1.165) is 42.8 Å². The Morgan fingerprint density at radius 2 is 1.71 bits per heavy atom. The summed E-state index contributed by atoms with van der Waals surface area (Å²) in [6.07, 6.45) is 16.6. The normalized spacial score (nSPS) is 18.3. The van der Waals surface area contributed by atoms with Crippen LogP contribution in [0, 0.1) is 0 Å². The molecular weight excluding hydrogens is 388 g/mol. The second-order valence-corrected chi connectivity index (χ2v) is 8.85. The number of H-pyrrole nitrogens is 1. The van der Waals surface area contributed by atoms with Gasteiger partial charge in [-0.25, -0.2) is 0 Å². The highest BCUT2D eigenvalue weighted by molar-refractivity contribution is 5.69. The first-order valence-corrected chi connectivity index (χ1v) is 12.5. The Morgan fingerprint density at radius 3 is 2.35 bits per heavy atom. The molecule has 31 heavy (non-hydrogen) atoms. The van der Waals surface area contributed by atoms with Gasteiger partial charge in [-0.1, -0.05) is 77.7 Å². The third-order valence-corrected chi connectivity index (χ3v) is 6.20. The molecule has 2 N–H and O–H groups in total. The lowest BCUT2D eigenvalue weighted by Crippen LogP contribution is -2.18. The summed E-state index contributed by atoms with van der Waals surface area (Å²) in [4.78, 5) is 15.4. The van der Waals surface area contributed by atoms with Gasteiger partial charge in [-0.15, -0.1) is 0 Å². The van der Waals surface area contributed by atoms with Crippen LogP contribution in [-0.2, 0) is 14.3 Å². The zero-order chi connectivity index (χ0) is 22.3. The predicted molar refractivity (Wildman–Crippen MR) is 128 cm³/mol. The predicted octanol–water partition coefficient (Wildman–Crippen LogP) is 6.67. The molecule has 2 heterocycles. The van der Waals surface area contributed by atoms with Crippen molar-refractivity contribution in [2.45, 2.75) is 109 Å². The molecule has 0 bridgehead atoms. The van der Waals surface area contributed by atoms with Crippen molar-refractivity contribution in [2.24, 2.45) is 0 Å². The number of carbonyl (C=O) groups excluding carboxylic acids is 1. The lowest BCUT2D eigenvalue weighted by molar-refractivity contribution is -0.147. The van der Waals surface area contributed by atoms with Crippen molar-refractivity contribution in [3.8, 4) is 0 Å². The first-order valence-electron chi connectivity index (χ1n) is 12.5. The van der Waals surface area contributed by atoms with Crippen molar-refractivity contribution in [3.63, 3.8) is 0 Å². The molecule has 0 radical (unpaired) electrons. The molecule has 1 aromatic heterocycles. The standard InChI is InChI=1S/C26H44N2O3/c1-4-5-6-7-8-9-10-11-12-13-14-15-26(29)30-20-22-16-19-25(31-22)24-18-17-23(28-24)21(2)27-3/h17-18,22,25,27-28H,2,4-16,19-20H2,1,3H3. The number of nitrogens with one attached hydrogen (secondary N) is 2. The molecule has 0 amide bonds. The monoisotopic (exact) mass is 432 g/mol. The van der Waals surface area contributed by atoms with Crippen molar-refractivity contribution in [3.05, 3.63) is 30.1 Å². The quantitative estimate of drug-likeness (QED) is 0.213. The summed E-state index contributed by atoms with van der Waals surface area (Å²) in [6, 6.07) is 4.06. The van der Waals surface area contributed by atoms with E-state index in [1.54, 1.807) is 0 Å². The molecule has 0 aromatic carbocycles. The Bertz CT molecular complexity index is 640. The van der Waals surface area contributed by atoms with Crippen LogP contribution >= 0.6 is 0 Å². The van der Waals surface area contributed by atoms with Gasteiger partial charge in [0.15, 0.2) is 0 Å². The fraction of sp³-hybridized carbons (Fsp3) is 0.731. The second-order valence-electron chi connectivity index (χ2n) is 8.85. The SMILES string of the molecule is C=C(NC)c1ccc(C2CCC(COC(=O)CCCCCCCCCCCCC)O2)[nH]1. The molecule has 176 valence electrons. The lowest BCUT2D eigenvalue weighted by Gasteiger charge is -2.13. The second kappa shape index (κ2) is 15.1. The third-order valence-electron chi connectivity index (χ3n) is 6.20. The number of esters is 1. The van der Waals surface area contributed by atoms with E-state index in [1.807, 2.05) is 19.2 Å². The van der Waals surface area contributed by atoms with Crippen LogP contribution < -0.4 is 5.32 Å². The van der Waals surface area contributed by atoms with E-state index in [1.165, 1.54) is 57.8 Å². The molecule has 2 unspecified atom stereocenters. The summed E-state index contributed by atoms with van der Waals surface area (Å²) < 4.78 is 11.5. The van der Waals surface area contributed by atoms with Crippen molar-refractivity contribution in [2.75, 3.05) is 13.7 Å². The van der Waals surface area contributed by atoms with Crippen LogP contribution in [-0.4, -0.2) is 30.7 Å². The Balaban J connectivity index is 1.47. The van der Waals surface area contributed by atoms with Crippen LogP contribution in [0.1, 0.15) is 114 Å². The van der Waals surface area contributed by atoms with Crippen LogP contribution in [0.15, 0.2) is 18.7 Å². The van der Waals surface area contributed by atoms with Crippen LogP contribution in [0.4, 0.5) is 0 Å². The summed E-state index contributed by atoms with van der Waals surface area (Å²) >= 11 is 0. The Labute approximate surface area is 189 Å². The molecule has 0 spiro atoms. The number of ether oxygens (including phenoxy) is 2. The molecule has 5 heteroatoms. The van der Waals surface area contributed by atoms with Crippen molar-refractivity contribution in [1.82, 2.24) is 10.3 Å². The van der Waals surface area contributed by atoms with Gasteiger partial charge in [-0.2, -0.15) is 0 Å². The van der Waals surface area contributed by atoms with Crippen molar-refractivity contribution in [1.29, 1.82) is 0 Å². The molecule has 0 saturated carbocycles. The average Bonchev–Trinajstić information content (AvgIpc) is 3.45. The van der Waals surface area contributed by atoms with Crippen LogP contribution in [0.25, 0.3) is 5.70 Å². The molecule has 5 nitrogen and oxygen atoms in total. The molecule has 2 atom stereocenters. The fourth-order valence-electron chi connectivity index (χ4n) is 4.16. The van der Waals surface area contributed by atoms with E-state index in [2.05, 4.69) is 23.8 Å². The van der Waals surface area contributed by atoms with Gasteiger partial charge in [0.25, 0.3) is 0 Å².